The number of hydrogen-bond acceptors (Lipinski definition) is 4. The van der Waals surface area contributed by atoms with E-state index in [1.807, 2.05) is 31.2 Å². The molecule has 0 spiro atoms. The first-order valence-corrected chi connectivity index (χ1v) is 8.43. The predicted octanol–water partition coefficient (Wildman–Crippen LogP) is 2.31. The molecule has 0 aliphatic heterocycles. The second-order valence-electron chi connectivity index (χ2n) is 6.03. The molecule has 0 heterocycles. The summed E-state index contributed by atoms with van der Waals surface area (Å²) in [6, 6.07) is 14.3. The van der Waals surface area contributed by atoms with Gasteiger partial charge in [-0.2, -0.15) is 0 Å². The van der Waals surface area contributed by atoms with Gasteiger partial charge in [-0.15, -0.1) is 0 Å². The van der Waals surface area contributed by atoms with Gasteiger partial charge in [0.25, 0.3) is 5.91 Å². The zero-order valence-corrected chi connectivity index (χ0v) is 15.0. The molecular formula is C20H24N2O4. The van der Waals surface area contributed by atoms with Crippen molar-refractivity contribution in [3.8, 4) is 11.5 Å². The van der Waals surface area contributed by atoms with Crippen LogP contribution in [0.2, 0.25) is 0 Å². The molecule has 2 aromatic rings. The lowest BCUT2D eigenvalue weighted by molar-refractivity contribution is -0.123. The number of hydrogen-bond donors (Lipinski definition) is 2. The van der Waals surface area contributed by atoms with Gasteiger partial charge in [-0.1, -0.05) is 12.1 Å². The van der Waals surface area contributed by atoms with E-state index in [-0.39, 0.29) is 18.6 Å². The largest absolute Gasteiger partial charge is 0.497 e. The van der Waals surface area contributed by atoms with Gasteiger partial charge in [-0.3, -0.25) is 9.59 Å². The standard InChI is InChI=1S/C20H24N2O4/c1-14(3-4-15-5-9-17(25-2)10-6-15)22-19(23)13-26-18-11-7-16(8-12-18)20(21)24/h5-12,14H,3-4,13H2,1-2H3,(H2,21,24)(H,22,23). The van der Waals surface area contributed by atoms with Gasteiger partial charge in [0, 0.05) is 11.6 Å². The Labute approximate surface area is 153 Å². The molecule has 0 aliphatic carbocycles. The predicted molar refractivity (Wildman–Crippen MR) is 99.4 cm³/mol. The lowest BCUT2D eigenvalue weighted by atomic mass is 10.1. The zero-order chi connectivity index (χ0) is 18.9. The third-order valence-corrected chi connectivity index (χ3v) is 3.94. The molecule has 138 valence electrons. The summed E-state index contributed by atoms with van der Waals surface area (Å²) in [6.45, 7) is 1.88. The van der Waals surface area contributed by atoms with Gasteiger partial charge >= 0.3 is 0 Å². The Kier molecular flexibility index (Phi) is 7.02. The number of carbonyl (C=O) groups is 2. The van der Waals surface area contributed by atoms with Crippen molar-refractivity contribution in [2.45, 2.75) is 25.8 Å². The van der Waals surface area contributed by atoms with Gasteiger partial charge in [0.15, 0.2) is 6.61 Å². The molecule has 2 rings (SSSR count). The summed E-state index contributed by atoms with van der Waals surface area (Å²) in [5.74, 6) is 0.651. The first-order chi connectivity index (χ1) is 12.5. The van der Waals surface area contributed by atoms with E-state index in [2.05, 4.69) is 5.32 Å². The average molecular weight is 356 g/mol. The minimum atomic E-state index is -0.500. The third-order valence-electron chi connectivity index (χ3n) is 3.94. The molecule has 0 saturated heterocycles. The van der Waals surface area contributed by atoms with Crippen molar-refractivity contribution >= 4 is 11.8 Å². The van der Waals surface area contributed by atoms with Crippen LogP contribution in [-0.2, 0) is 11.2 Å². The average Bonchev–Trinajstić information content (AvgIpc) is 2.65. The number of rotatable bonds is 9. The highest BCUT2D eigenvalue weighted by molar-refractivity contribution is 5.92. The Morgan fingerprint density at radius 3 is 2.23 bits per heavy atom. The molecular weight excluding hydrogens is 332 g/mol. The summed E-state index contributed by atoms with van der Waals surface area (Å²) in [5, 5.41) is 2.91. The first-order valence-electron chi connectivity index (χ1n) is 8.43. The topological polar surface area (TPSA) is 90.7 Å². The fourth-order valence-corrected chi connectivity index (χ4v) is 2.43. The molecule has 0 bridgehead atoms. The Hall–Kier alpha value is -3.02. The summed E-state index contributed by atoms with van der Waals surface area (Å²) in [6.07, 6.45) is 1.69. The van der Waals surface area contributed by atoms with Crippen molar-refractivity contribution in [2.75, 3.05) is 13.7 Å². The lowest BCUT2D eigenvalue weighted by Crippen LogP contribution is -2.36. The van der Waals surface area contributed by atoms with Gasteiger partial charge in [-0.05, 0) is 61.7 Å². The number of methoxy groups -OCH3 is 1. The van der Waals surface area contributed by atoms with Crippen LogP contribution >= 0.6 is 0 Å². The maximum absolute atomic E-state index is 12.0. The second-order valence-corrected chi connectivity index (χ2v) is 6.03. The summed E-state index contributed by atoms with van der Waals surface area (Å²) in [7, 11) is 1.64. The van der Waals surface area contributed by atoms with Gasteiger partial charge in [0.2, 0.25) is 5.91 Å². The molecule has 6 nitrogen and oxygen atoms in total. The van der Waals surface area contributed by atoms with Crippen LogP contribution in [0.4, 0.5) is 0 Å². The van der Waals surface area contributed by atoms with Crippen LogP contribution in [0.3, 0.4) is 0 Å². The van der Waals surface area contributed by atoms with E-state index in [0.29, 0.717) is 11.3 Å². The quantitative estimate of drug-likeness (QED) is 0.721. The molecule has 6 heteroatoms. The van der Waals surface area contributed by atoms with Crippen molar-refractivity contribution in [3.05, 3.63) is 59.7 Å². The van der Waals surface area contributed by atoms with Crippen LogP contribution in [0.5, 0.6) is 11.5 Å². The number of carbonyl (C=O) groups excluding carboxylic acids is 2. The van der Waals surface area contributed by atoms with Crippen LogP contribution in [0.15, 0.2) is 48.5 Å². The SMILES string of the molecule is COc1ccc(CCC(C)NC(=O)COc2ccc(C(N)=O)cc2)cc1. The fourth-order valence-electron chi connectivity index (χ4n) is 2.43. The number of aryl methyl sites for hydroxylation is 1. The van der Waals surface area contributed by atoms with E-state index in [9.17, 15) is 9.59 Å². The molecule has 0 aliphatic rings. The van der Waals surface area contributed by atoms with Crippen molar-refractivity contribution in [2.24, 2.45) is 5.73 Å². The van der Waals surface area contributed by atoms with Crippen LogP contribution in [0.1, 0.15) is 29.3 Å². The second kappa shape index (κ2) is 9.46. The number of benzene rings is 2. The van der Waals surface area contributed by atoms with E-state index in [1.54, 1.807) is 31.4 Å². The van der Waals surface area contributed by atoms with Crippen LogP contribution in [0, 0.1) is 0 Å². The van der Waals surface area contributed by atoms with Gasteiger partial charge in [0.1, 0.15) is 11.5 Å². The minimum Gasteiger partial charge on any atom is -0.497 e. The molecule has 1 unspecified atom stereocenters. The van der Waals surface area contributed by atoms with E-state index in [0.717, 1.165) is 18.6 Å². The van der Waals surface area contributed by atoms with Gasteiger partial charge < -0.3 is 20.5 Å². The molecule has 2 aromatic carbocycles. The van der Waals surface area contributed by atoms with Crippen LogP contribution < -0.4 is 20.5 Å². The van der Waals surface area contributed by atoms with E-state index in [1.165, 1.54) is 5.56 Å². The lowest BCUT2D eigenvalue weighted by Gasteiger charge is -2.14. The number of nitrogens with one attached hydrogen (secondary N) is 1. The number of ether oxygens (including phenoxy) is 2. The number of primary amides is 1. The Morgan fingerprint density at radius 1 is 1.04 bits per heavy atom. The Morgan fingerprint density at radius 2 is 1.65 bits per heavy atom. The summed E-state index contributed by atoms with van der Waals surface area (Å²) in [4.78, 5) is 23.0. The third kappa shape index (κ3) is 6.12. The minimum absolute atomic E-state index is 0.0328. The van der Waals surface area contributed by atoms with Crippen molar-refractivity contribution in [3.63, 3.8) is 0 Å². The Balaban J connectivity index is 1.71. The maximum Gasteiger partial charge on any atom is 0.258 e. The smallest absolute Gasteiger partial charge is 0.258 e. The highest BCUT2D eigenvalue weighted by Crippen LogP contribution is 2.14. The first kappa shape index (κ1) is 19.3. The molecule has 0 aromatic heterocycles. The van der Waals surface area contributed by atoms with Gasteiger partial charge in [-0.25, -0.2) is 0 Å². The monoisotopic (exact) mass is 356 g/mol. The molecule has 2 amide bonds. The Bertz CT molecular complexity index is 726. The summed E-state index contributed by atoms with van der Waals surface area (Å²) in [5.41, 5.74) is 6.77. The number of amides is 2. The van der Waals surface area contributed by atoms with Crippen molar-refractivity contribution in [1.29, 1.82) is 0 Å². The normalized spacial score (nSPS) is 11.5. The molecule has 0 saturated carbocycles. The van der Waals surface area contributed by atoms with E-state index >= 15 is 0 Å². The highest BCUT2D eigenvalue weighted by atomic mass is 16.5. The number of nitrogens with two attached hydrogens (primary N) is 1. The van der Waals surface area contributed by atoms with Crippen molar-refractivity contribution in [1.82, 2.24) is 5.32 Å². The molecule has 3 N–H and O–H groups in total. The van der Waals surface area contributed by atoms with Crippen LogP contribution in [0.25, 0.3) is 0 Å². The maximum atomic E-state index is 12.0. The zero-order valence-electron chi connectivity index (χ0n) is 15.0. The van der Waals surface area contributed by atoms with Crippen LogP contribution in [-0.4, -0.2) is 31.6 Å². The van der Waals surface area contributed by atoms with E-state index in [4.69, 9.17) is 15.2 Å². The van der Waals surface area contributed by atoms with Crippen molar-refractivity contribution < 1.29 is 19.1 Å². The summed E-state index contributed by atoms with van der Waals surface area (Å²) >= 11 is 0. The molecule has 0 fully saturated rings. The van der Waals surface area contributed by atoms with E-state index < -0.39 is 5.91 Å². The molecule has 26 heavy (non-hydrogen) atoms. The summed E-state index contributed by atoms with van der Waals surface area (Å²) < 4.78 is 10.5. The molecule has 1 atom stereocenters. The fraction of sp³-hybridized carbons (Fsp3) is 0.300. The molecule has 0 radical (unpaired) electrons. The van der Waals surface area contributed by atoms with Gasteiger partial charge in [0.05, 0.1) is 7.11 Å². The highest BCUT2D eigenvalue weighted by Gasteiger charge is 2.09.